The maximum absolute atomic E-state index is 13.3. The Hall–Kier alpha value is -3.44. The van der Waals surface area contributed by atoms with Gasteiger partial charge in [0.15, 0.2) is 5.72 Å². The van der Waals surface area contributed by atoms with E-state index in [1.165, 1.54) is 0 Å². The van der Waals surface area contributed by atoms with Crippen molar-refractivity contribution in [2.24, 2.45) is 7.05 Å². The molecule has 0 radical (unpaired) electrons. The summed E-state index contributed by atoms with van der Waals surface area (Å²) in [5.41, 5.74) is 3.91. The minimum Gasteiger partial charge on any atom is -0.363 e. The van der Waals surface area contributed by atoms with Gasteiger partial charge in [0.25, 0.3) is 5.91 Å². The SMILES string of the molecule is Cc1c(C2(O)c3ccccc3C(=O)N2Cc2ccccc2)ccc2c1ncn2C. The molecule has 1 atom stereocenters. The molecule has 1 aliphatic heterocycles. The van der Waals surface area contributed by atoms with Crippen molar-refractivity contribution in [2.45, 2.75) is 19.2 Å². The van der Waals surface area contributed by atoms with E-state index in [1.807, 2.05) is 79.2 Å². The van der Waals surface area contributed by atoms with Crippen molar-refractivity contribution < 1.29 is 9.90 Å². The van der Waals surface area contributed by atoms with Gasteiger partial charge in [-0.1, -0.05) is 54.6 Å². The van der Waals surface area contributed by atoms with Gasteiger partial charge in [-0.15, -0.1) is 0 Å². The Bertz CT molecular complexity index is 1250. The second kappa shape index (κ2) is 6.29. The number of benzene rings is 3. The van der Waals surface area contributed by atoms with Gasteiger partial charge in [-0.25, -0.2) is 4.98 Å². The summed E-state index contributed by atoms with van der Waals surface area (Å²) < 4.78 is 1.95. The Balaban J connectivity index is 1.74. The minimum absolute atomic E-state index is 0.174. The molecular formula is C24H21N3O2. The fraction of sp³-hybridized carbons (Fsp3) is 0.167. The summed E-state index contributed by atoms with van der Waals surface area (Å²) in [6, 6.07) is 20.9. The molecule has 5 rings (SSSR count). The third kappa shape index (κ3) is 2.44. The standard InChI is InChI=1S/C24H21N3O2/c1-16-19(12-13-21-22(16)25-15-26(21)2)24(29)20-11-7-6-10-18(20)23(28)27(24)14-17-8-4-3-5-9-17/h3-13,15,29H,14H2,1-2H3. The van der Waals surface area contributed by atoms with Crippen molar-refractivity contribution in [3.05, 3.63) is 101 Å². The van der Waals surface area contributed by atoms with Crippen LogP contribution in [0.3, 0.4) is 0 Å². The molecular weight excluding hydrogens is 362 g/mol. The fourth-order valence-corrected chi connectivity index (χ4v) is 4.37. The number of carbonyl (C=O) groups is 1. The number of nitrogens with zero attached hydrogens (tertiary/aromatic N) is 3. The van der Waals surface area contributed by atoms with Gasteiger partial charge < -0.3 is 9.67 Å². The van der Waals surface area contributed by atoms with Gasteiger partial charge in [-0.3, -0.25) is 9.69 Å². The third-order valence-electron chi connectivity index (χ3n) is 5.88. The lowest BCUT2D eigenvalue weighted by atomic mass is 9.90. The zero-order chi connectivity index (χ0) is 20.2. The molecule has 144 valence electrons. The molecule has 1 aromatic heterocycles. The van der Waals surface area contributed by atoms with Crippen LogP contribution in [0.15, 0.2) is 73.1 Å². The number of fused-ring (bicyclic) bond motifs is 2. The average molecular weight is 383 g/mol. The Morgan fingerprint density at radius 2 is 1.69 bits per heavy atom. The molecule has 1 amide bonds. The van der Waals surface area contributed by atoms with E-state index in [1.54, 1.807) is 17.3 Å². The monoisotopic (exact) mass is 383 g/mol. The third-order valence-corrected chi connectivity index (χ3v) is 5.88. The van der Waals surface area contributed by atoms with Crippen LogP contribution in [0.5, 0.6) is 0 Å². The molecule has 29 heavy (non-hydrogen) atoms. The van der Waals surface area contributed by atoms with Crippen LogP contribution in [0.4, 0.5) is 0 Å². The van der Waals surface area contributed by atoms with Gasteiger partial charge in [0.2, 0.25) is 0 Å². The predicted octanol–water partition coefficient (Wildman–Crippen LogP) is 3.73. The molecule has 3 aromatic carbocycles. The highest BCUT2D eigenvalue weighted by Gasteiger charge is 2.50. The number of aliphatic hydroxyl groups is 1. The van der Waals surface area contributed by atoms with E-state index in [0.717, 1.165) is 22.2 Å². The molecule has 0 aliphatic carbocycles. The number of imidazole rings is 1. The highest BCUT2D eigenvalue weighted by atomic mass is 16.3. The first-order valence-electron chi connectivity index (χ1n) is 9.60. The van der Waals surface area contributed by atoms with Gasteiger partial charge in [0.05, 0.1) is 17.4 Å². The summed E-state index contributed by atoms with van der Waals surface area (Å²) in [6.45, 7) is 2.26. The molecule has 4 aromatic rings. The molecule has 0 bridgehead atoms. The summed E-state index contributed by atoms with van der Waals surface area (Å²) in [6.07, 6.45) is 1.76. The summed E-state index contributed by atoms with van der Waals surface area (Å²) >= 11 is 0. The summed E-state index contributed by atoms with van der Waals surface area (Å²) in [5, 5.41) is 12.1. The number of amides is 1. The van der Waals surface area contributed by atoms with Crippen LogP contribution < -0.4 is 0 Å². The zero-order valence-electron chi connectivity index (χ0n) is 16.3. The van der Waals surface area contributed by atoms with Gasteiger partial charge in [-0.2, -0.15) is 0 Å². The topological polar surface area (TPSA) is 58.4 Å². The van der Waals surface area contributed by atoms with Crippen LogP contribution in [-0.4, -0.2) is 25.5 Å². The van der Waals surface area contributed by atoms with Crippen molar-refractivity contribution in [1.29, 1.82) is 0 Å². The Labute approximate surface area is 168 Å². The van der Waals surface area contributed by atoms with Crippen LogP contribution in [0.1, 0.15) is 32.6 Å². The molecule has 0 spiro atoms. The van der Waals surface area contributed by atoms with E-state index in [2.05, 4.69) is 4.98 Å². The quantitative estimate of drug-likeness (QED) is 0.586. The van der Waals surface area contributed by atoms with Crippen molar-refractivity contribution in [3.63, 3.8) is 0 Å². The summed E-state index contributed by atoms with van der Waals surface area (Å²) in [7, 11) is 1.94. The number of aromatic nitrogens is 2. The van der Waals surface area contributed by atoms with Crippen LogP contribution in [0.2, 0.25) is 0 Å². The van der Waals surface area contributed by atoms with E-state index in [4.69, 9.17) is 0 Å². The molecule has 0 saturated carbocycles. The maximum Gasteiger partial charge on any atom is 0.257 e. The van der Waals surface area contributed by atoms with Crippen LogP contribution in [0.25, 0.3) is 11.0 Å². The lowest BCUT2D eigenvalue weighted by Crippen LogP contribution is -2.44. The number of aryl methyl sites for hydroxylation is 2. The van der Waals surface area contributed by atoms with Gasteiger partial charge in [0.1, 0.15) is 0 Å². The van der Waals surface area contributed by atoms with E-state index in [0.29, 0.717) is 23.2 Å². The summed E-state index contributed by atoms with van der Waals surface area (Å²) in [4.78, 5) is 19.4. The van der Waals surface area contributed by atoms with Crippen molar-refractivity contribution in [2.75, 3.05) is 0 Å². The minimum atomic E-state index is -1.56. The second-order valence-corrected chi connectivity index (χ2v) is 7.56. The molecule has 1 aliphatic rings. The van der Waals surface area contributed by atoms with Gasteiger partial charge >= 0.3 is 0 Å². The second-order valence-electron chi connectivity index (χ2n) is 7.56. The first kappa shape index (κ1) is 17.6. The normalized spacial score (nSPS) is 18.4. The fourth-order valence-electron chi connectivity index (χ4n) is 4.37. The smallest absolute Gasteiger partial charge is 0.257 e. The van der Waals surface area contributed by atoms with Crippen LogP contribution in [-0.2, 0) is 19.3 Å². The first-order valence-corrected chi connectivity index (χ1v) is 9.60. The van der Waals surface area contributed by atoms with Gasteiger partial charge in [0, 0.05) is 30.3 Å². The van der Waals surface area contributed by atoms with Crippen molar-refractivity contribution in [3.8, 4) is 0 Å². The summed E-state index contributed by atoms with van der Waals surface area (Å²) in [5.74, 6) is -0.174. The number of rotatable bonds is 3. The lowest BCUT2D eigenvalue weighted by molar-refractivity contribution is -0.0546. The van der Waals surface area contributed by atoms with E-state index < -0.39 is 5.72 Å². The number of carbonyl (C=O) groups excluding carboxylic acids is 1. The Morgan fingerprint density at radius 1 is 0.966 bits per heavy atom. The highest BCUT2D eigenvalue weighted by Crippen LogP contribution is 2.45. The lowest BCUT2D eigenvalue weighted by Gasteiger charge is -2.36. The molecule has 0 saturated heterocycles. The molecule has 0 fully saturated rings. The molecule has 1 N–H and O–H groups in total. The van der Waals surface area contributed by atoms with E-state index >= 15 is 0 Å². The highest BCUT2D eigenvalue weighted by molar-refractivity contribution is 6.00. The van der Waals surface area contributed by atoms with Gasteiger partial charge in [-0.05, 0) is 30.2 Å². The van der Waals surface area contributed by atoms with Crippen molar-refractivity contribution >= 4 is 16.9 Å². The molecule has 5 nitrogen and oxygen atoms in total. The largest absolute Gasteiger partial charge is 0.363 e. The first-order chi connectivity index (χ1) is 14.0. The van der Waals surface area contributed by atoms with Crippen LogP contribution >= 0.6 is 0 Å². The zero-order valence-corrected chi connectivity index (χ0v) is 16.3. The Morgan fingerprint density at radius 3 is 2.48 bits per heavy atom. The molecule has 5 heteroatoms. The molecule has 2 heterocycles. The van der Waals surface area contributed by atoms with Crippen LogP contribution in [0, 0.1) is 6.92 Å². The van der Waals surface area contributed by atoms with E-state index in [9.17, 15) is 9.90 Å². The number of hydrogen-bond donors (Lipinski definition) is 1. The molecule has 1 unspecified atom stereocenters. The number of hydrogen-bond acceptors (Lipinski definition) is 3. The maximum atomic E-state index is 13.3. The van der Waals surface area contributed by atoms with Crippen molar-refractivity contribution in [1.82, 2.24) is 14.5 Å². The predicted molar refractivity (Wildman–Crippen MR) is 111 cm³/mol. The Kier molecular flexibility index (Phi) is 3.83. The average Bonchev–Trinajstić information content (AvgIpc) is 3.22. The van der Waals surface area contributed by atoms with E-state index in [-0.39, 0.29) is 5.91 Å².